The third-order valence-corrected chi connectivity index (χ3v) is 4.88. The van der Waals surface area contributed by atoms with E-state index in [9.17, 15) is 4.79 Å². The zero-order valence-corrected chi connectivity index (χ0v) is 17.0. The Labute approximate surface area is 166 Å². The van der Waals surface area contributed by atoms with E-state index in [1.807, 2.05) is 74.7 Å². The van der Waals surface area contributed by atoms with E-state index in [-0.39, 0.29) is 11.8 Å². The number of hydrogen-bond acceptors (Lipinski definition) is 4. The van der Waals surface area contributed by atoms with Crippen molar-refractivity contribution in [3.8, 4) is 5.75 Å². The van der Waals surface area contributed by atoms with Crippen molar-refractivity contribution < 1.29 is 9.53 Å². The van der Waals surface area contributed by atoms with Crippen molar-refractivity contribution in [2.75, 3.05) is 34.3 Å². The van der Waals surface area contributed by atoms with Crippen molar-refractivity contribution in [3.05, 3.63) is 65.6 Å². The van der Waals surface area contributed by atoms with Gasteiger partial charge in [-0.05, 0) is 50.3 Å². The number of ether oxygens (including phenoxy) is 1. The number of pyridine rings is 1. The van der Waals surface area contributed by atoms with Crippen LogP contribution in [0, 0.1) is 6.92 Å². The second kappa shape index (κ2) is 8.89. The zero-order chi connectivity index (χ0) is 20.1. The van der Waals surface area contributed by atoms with Gasteiger partial charge >= 0.3 is 0 Å². The van der Waals surface area contributed by atoms with Gasteiger partial charge in [-0.15, -0.1) is 0 Å². The van der Waals surface area contributed by atoms with Gasteiger partial charge in [0.25, 0.3) is 0 Å². The molecule has 0 saturated heterocycles. The van der Waals surface area contributed by atoms with Gasteiger partial charge in [-0.25, -0.2) is 4.98 Å². The fourth-order valence-corrected chi connectivity index (χ4v) is 3.36. The standard InChI is InChI=1S/C22H28N4O2/c1-16-7-6-11-26-20(15-24-22(16)26)19(14-21(27)23-10-12-25(2)3)17-8-5-9-18(13-17)28-4/h5-9,11,13,15,19H,10,12,14H2,1-4H3,(H,23,27). The third kappa shape index (κ3) is 4.51. The lowest BCUT2D eigenvalue weighted by Gasteiger charge is -2.19. The molecule has 0 fully saturated rings. The van der Waals surface area contributed by atoms with E-state index >= 15 is 0 Å². The number of nitrogens with one attached hydrogen (secondary N) is 1. The molecule has 6 heteroatoms. The second-order valence-electron chi connectivity index (χ2n) is 7.25. The number of hydrogen-bond donors (Lipinski definition) is 1. The van der Waals surface area contributed by atoms with Gasteiger partial charge in [0, 0.05) is 37.8 Å². The van der Waals surface area contributed by atoms with Gasteiger partial charge in [0.2, 0.25) is 5.91 Å². The first-order chi connectivity index (χ1) is 13.5. The molecule has 1 unspecified atom stereocenters. The van der Waals surface area contributed by atoms with Gasteiger partial charge in [0.1, 0.15) is 11.4 Å². The Morgan fingerprint density at radius 3 is 2.86 bits per heavy atom. The first kappa shape index (κ1) is 19.9. The van der Waals surface area contributed by atoms with Crippen LogP contribution >= 0.6 is 0 Å². The van der Waals surface area contributed by atoms with E-state index in [2.05, 4.69) is 14.7 Å². The summed E-state index contributed by atoms with van der Waals surface area (Å²) in [5.74, 6) is 0.684. The molecule has 28 heavy (non-hydrogen) atoms. The number of benzene rings is 1. The summed E-state index contributed by atoms with van der Waals surface area (Å²) < 4.78 is 7.47. The Bertz CT molecular complexity index is 949. The van der Waals surface area contributed by atoms with Crippen LogP contribution in [0.1, 0.15) is 29.2 Å². The summed E-state index contributed by atoms with van der Waals surface area (Å²) in [6.45, 7) is 3.48. The maximum atomic E-state index is 12.7. The molecule has 3 rings (SSSR count). The highest BCUT2D eigenvalue weighted by atomic mass is 16.5. The minimum Gasteiger partial charge on any atom is -0.497 e. The Hall–Kier alpha value is -2.86. The van der Waals surface area contributed by atoms with Crippen LogP contribution in [0.2, 0.25) is 0 Å². The summed E-state index contributed by atoms with van der Waals surface area (Å²) in [7, 11) is 5.64. The lowest BCUT2D eigenvalue weighted by atomic mass is 9.92. The Balaban J connectivity index is 1.94. The molecule has 0 spiro atoms. The number of imidazole rings is 1. The Kier molecular flexibility index (Phi) is 6.31. The number of carbonyl (C=O) groups is 1. The molecule has 2 heterocycles. The monoisotopic (exact) mass is 380 g/mol. The zero-order valence-electron chi connectivity index (χ0n) is 17.0. The van der Waals surface area contributed by atoms with Gasteiger partial charge in [-0.1, -0.05) is 18.2 Å². The van der Waals surface area contributed by atoms with Gasteiger partial charge in [-0.2, -0.15) is 0 Å². The van der Waals surface area contributed by atoms with Gasteiger partial charge in [0.05, 0.1) is 12.8 Å². The van der Waals surface area contributed by atoms with Crippen LogP contribution in [-0.4, -0.2) is 54.5 Å². The summed E-state index contributed by atoms with van der Waals surface area (Å²) in [5, 5.41) is 3.02. The predicted octanol–water partition coefficient (Wildman–Crippen LogP) is 2.85. The molecular weight excluding hydrogens is 352 g/mol. The SMILES string of the molecule is COc1cccc(C(CC(=O)NCCN(C)C)c2cnc3c(C)cccn23)c1. The highest BCUT2D eigenvalue weighted by Gasteiger charge is 2.22. The van der Waals surface area contributed by atoms with E-state index in [1.165, 1.54) is 0 Å². The number of amides is 1. The van der Waals surface area contributed by atoms with Crippen molar-refractivity contribution in [3.63, 3.8) is 0 Å². The maximum Gasteiger partial charge on any atom is 0.221 e. The second-order valence-corrected chi connectivity index (χ2v) is 7.25. The van der Waals surface area contributed by atoms with E-state index in [0.717, 1.165) is 34.8 Å². The number of methoxy groups -OCH3 is 1. The Morgan fingerprint density at radius 2 is 2.11 bits per heavy atom. The fourth-order valence-electron chi connectivity index (χ4n) is 3.36. The fraction of sp³-hybridized carbons (Fsp3) is 0.364. The van der Waals surface area contributed by atoms with Crippen molar-refractivity contribution >= 4 is 11.6 Å². The van der Waals surface area contributed by atoms with E-state index in [4.69, 9.17) is 4.74 Å². The van der Waals surface area contributed by atoms with Crippen molar-refractivity contribution in [1.82, 2.24) is 19.6 Å². The molecule has 0 saturated carbocycles. The van der Waals surface area contributed by atoms with Crippen LogP contribution < -0.4 is 10.1 Å². The first-order valence-corrected chi connectivity index (χ1v) is 9.47. The highest BCUT2D eigenvalue weighted by molar-refractivity contribution is 5.77. The summed E-state index contributed by atoms with van der Waals surface area (Å²) >= 11 is 0. The van der Waals surface area contributed by atoms with Crippen molar-refractivity contribution in [2.24, 2.45) is 0 Å². The van der Waals surface area contributed by atoms with Crippen molar-refractivity contribution in [2.45, 2.75) is 19.3 Å². The molecule has 1 N–H and O–H groups in total. The molecule has 0 aliphatic carbocycles. The molecule has 3 aromatic rings. The molecule has 1 aromatic carbocycles. The molecule has 0 aliphatic rings. The lowest BCUT2D eigenvalue weighted by molar-refractivity contribution is -0.121. The normalized spacial score (nSPS) is 12.3. The first-order valence-electron chi connectivity index (χ1n) is 9.47. The van der Waals surface area contributed by atoms with Gasteiger partial charge < -0.3 is 19.4 Å². The average Bonchev–Trinajstić information content (AvgIpc) is 3.11. The van der Waals surface area contributed by atoms with Crippen LogP contribution in [0.5, 0.6) is 5.75 Å². The molecule has 0 radical (unpaired) electrons. The molecular formula is C22H28N4O2. The minimum atomic E-state index is -0.119. The van der Waals surface area contributed by atoms with E-state index in [1.54, 1.807) is 7.11 Å². The average molecular weight is 380 g/mol. The number of carbonyl (C=O) groups excluding carboxylic acids is 1. The van der Waals surface area contributed by atoms with Gasteiger partial charge in [0.15, 0.2) is 0 Å². The Morgan fingerprint density at radius 1 is 1.29 bits per heavy atom. The smallest absolute Gasteiger partial charge is 0.221 e. The molecule has 2 aromatic heterocycles. The topological polar surface area (TPSA) is 58.9 Å². The number of likely N-dealkylation sites (N-methyl/N-ethyl adjacent to an activating group) is 1. The molecule has 148 valence electrons. The summed E-state index contributed by atoms with van der Waals surface area (Å²) in [4.78, 5) is 19.3. The quantitative estimate of drug-likeness (QED) is 0.653. The number of aromatic nitrogens is 2. The summed E-state index contributed by atoms with van der Waals surface area (Å²) in [5.41, 5.74) is 4.05. The predicted molar refractivity (Wildman–Crippen MR) is 111 cm³/mol. The van der Waals surface area contributed by atoms with Crippen LogP contribution in [0.4, 0.5) is 0 Å². The maximum absolute atomic E-state index is 12.7. The van der Waals surface area contributed by atoms with Crippen molar-refractivity contribution in [1.29, 1.82) is 0 Å². The molecule has 1 amide bonds. The number of aryl methyl sites for hydroxylation is 1. The molecule has 0 bridgehead atoms. The van der Waals surface area contributed by atoms with Gasteiger partial charge in [-0.3, -0.25) is 4.79 Å². The number of fused-ring (bicyclic) bond motifs is 1. The number of rotatable bonds is 8. The van der Waals surface area contributed by atoms with Crippen LogP contribution in [-0.2, 0) is 4.79 Å². The highest BCUT2D eigenvalue weighted by Crippen LogP contribution is 2.31. The minimum absolute atomic E-state index is 0.0253. The summed E-state index contributed by atoms with van der Waals surface area (Å²) in [6.07, 6.45) is 4.23. The molecule has 6 nitrogen and oxygen atoms in total. The summed E-state index contributed by atoms with van der Waals surface area (Å²) in [6, 6.07) is 12.0. The molecule has 1 atom stereocenters. The van der Waals surface area contributed by atoms with Crippen LogP contribution in [0.25, 0.3) is 5.65 Å². The van der Waals surface area contributed by atoms with Crippen LogP contribution in [0.3, 0.4) is 0 Å². The largest absolute Gasteiger partial charge is 0.497 e. The third-order valence-electron chi connectivity index (χ3n) is 4.88. The molecule has 0 aliphatic heterocycles. The van der Waals surface area contributed by atoms with Crippen LogP contribution in [0.15, 0.2) is 48.8 Å². The lowest BCUT2D eigenvalue weighted by Crippen LogP contribution is -2.32. The van der Waals surface area contributed by atoms with E-state index in [0.29, 0.717) is 13.0 Å². The van der Waals surface area contributed by atoms with E-state index < -0.39 is 0 Å². The number of nitrogens with zero attached hydrogens (tertiary/aromatic N) is 3.